The lowest BCUT2D eigenvalue weighted by Crippen LogP contribution is -2.25. The molecule has 4 heteroatoms. The minimum absolute atomic E-state index is 0.0111. The average molecular weight is 307 g/mol. The highest BCUT2D eigenvalue weighted by molar-refractivity contribution is 5.78. The Balaban J connectivity index is 1.71. The highest BCUT2D eigenvalue weighted by atomic mass is 16.1. The minimum Gasteiger partial charge on any atom is -0.352 e. The van der Waals surface area contributed by atoms with Crippen LogP contribution in [0.15, 0.2) is 42.6 Å². The molecule has 0 aliphatic rings. The van der Waals surface area contributed by atoms with Crippen molar-refractivity contribution in [3.63, 3.8) is 0 Å². The van der Waals surface area contributed by atoms with Gasteiger partial charge in [-0.2, -0.15) is 0 Å². The smallest absolute Gasteiger partial charge is 0.226 e. The molecule has 23 heavy (non-hydrogen) atoms. The van der Waals surface area contributed by atoms with Crippen LogP contribution < -0.4 is 5.32 Å². The van der Waals surface area contributed by atoms with Crippen molar-refractivity contribution in [2.75, 3.05) is 0 Å². The fourth-order valence-electron chi connectivity index (χ4n) is 2.65. The zero-order valence-electron chi connectivity index (χ0n) is 13.8. The number of rotatable bonds is 4. The average Bonchev–Trinajstić information content (AvgIpc) is 2.82. The third-order valence-corrected chi connectivity index (χ3v) is 4.00. The Morgan fingerprint density at radius 3 is 2.48 bits per heavy atom. The number of pyridine rings is 1. The first kappa shape index (κ1) is 15.3. The molecule has 0 saturated heterocycles. The predicted molar refractivity (Wildman–Crippen MR) is 91.4 cm³/mol. The number of nitrogens with one attached hydrogen (secondary N) is 1. The van der Waals surface area contributed by atoms with E-state index in [2.05, 4.69) is 29.4 Å². The lowest BCUT2D eigenvalue weighted by atomic mass is 10.1. The predicted octanol–water partition coefficient (Wildman–Crippen LogP) is 3.12. The van der Waals surface area contributed by atoms with Gasteiger partial charge in [0.05, 0.1) is 17.8 Å². The van der Waals surface area contributed by atoms with Gasteiger partial charge < -0.3 is 9.72 Å². The maximum absolute atomic E-state index is 12.3. The largest absolute Gasteiger partial charge is 0.352 e. The molecule has 0 unspecified atom stereocenters. The molecule has 1 amide bonds. The van der Waals surface area contributed by atoms with Gasteiger partial charge in [-0.25, -0.2) is 4.98 Å². The van der Waals surface area contributed by atoms with Crippen LogP contribution in [-0.4, -0.2) is 15.3 Å². The lowest BCUT2D eigenvalue weighted by molar-refractivity contribution is -0.120. The molecule has 0 saturated carbocycles. The molecule has 118 valence electrons. The Hall–Kier alpha value is -2.62. The number of carbonyl (C=O) groups excluding carboxylic acids is 1. The molecule has 4 nitrogen and oxygen atoms in total. The summed E-state index contributed by atoms with van der Waals surface area (Å²) in [5, 5.41) is 2.98. The van der Waals surface area contributed by atoms with Crippen LogP contribution in [0.4, 0.5) is 0 Å². The van der Waals surface area contributed by atoms with Gasteiger partial charge in [0, 0.05) is 12.7 Å². The fourth-order valence-corrected chi connectivity index (χ4v) is 2.65. The molecule has 0 aliphatic carbocycles. The monoisotopic (exact) mass is 307 g/mol. The molecular formula is C19H21N3O. The molecule has 3 rings (SSSR count). The standard InChI is InChI=1S/C19H21N3O/c1-13-4-7-16(8-5-13)11-20-19(23)10-17-15(3)21-18-9-6-14(2)12-22(17)18/h4-9,12H,10-11H2,1-3H3,(H,20,23). The van der Waals surface area contributed by atoms with Crippen LogP contribution in [0.5, 0.6) is 0 Å². The Labute approximate surface area is 136 Å². The van der Waals surface area contributed by atoms with Gasteiger partial charge >= 0.3 is 0 Å². The third kappa shape index (κ3) is 3.42. The van der Waals surface area contributed by atoms with Gasteiger partial charge in [0.2, 0.25) is 5.91 Å². The van der Waals surface area contributed by atoms with Gasteiger partial charge in [-0.05, 0) is 38.0 Å². The van der Waals surface area contributed by atoms with Crippen LogP contribution in [-0.2, 0) is 17.8 Å². The quantitative estimate of drug-likeness (QED) is 0.805. The summed E-state index contributed by atoms with van der Waals surface area (Å²) in [5.74, 6) is 0.0111. The van der Waals surface area contributed by atoms with Gasteiger partial charge in [-0.1, -0.05) is 35.9 Å². The van der Waals surface area contributed by atoms with Crippen molar-refractivity contribution in [1.82, 2.24) is 14.7 Å². The molecule has 3 aromatic rings. The van der Waals surface area contributed by atoms with Gasteiger partial charge in [0.15, 0.2) is 0 Å². The van der Waals surface area contributed by atoms with Crippen LogP contribution in [0.2, 0.25) is 0 Å². The van der Waals surface area contributed by atoms with Gasteiger partial charge in [-0.15, -0.1) is 0 Å². The number of nitrogens with zero attached hydrogens (tertiary/aromatic N) is 2. The first-order valence-corrected chi connectivity index (χ1v) is 7.79. The van der Waals surface area contributed by atoms with Crippen molar-refractivity contribution >= 4 is 11.6 Å². The summed E-state index contributed by atoms with van der Waals surface area (Å²) in [7, 11) is 0. The van der Waals surface area contributed by atoms with E-state index >= 15 is 0 Å². The van der Waals surface area contributed by atoms with E-state index in [1.807, 2.05) is 48.7 Å². The SMILES string of the molecule is Cc1ccc(CNC(=O)Cc2c(C)nc3ccc(C)cn23)cc1. The van der Waals surface area contributed by atoms with E-state index in [0.717, 1.165) is 28.2 Å². The van der Waals surface area contributed by atoms with Crippen LogP contribution in [0, 0.1) is 20.8 Å². The summed E-state index contributed by atoms with van der Waals surface area (Å²) in [4.78, 5) is 16.8. The Bertz CT molecular complexity index is 847. The lowest BCUT2D eigenvalue weighted by Gasteiger charge is -2.07. The van der Waals surface area contributed by atoms with Crippen molar-refractivity contribution < 1.29 is 4.79 Å². The van der Waals surface area contributed by atoms with E-state index in [1.165, 1.54) is 5.56 Å². The van der Waals surface area contributed by atoms with Crippen molar-refractivity contribution in [1.29, 1.82) is 0 Å². The molecule has 0 fully saturated rings. The zero-order valence-corrected chi connectivity index (χ0v) is 13.8. The van der Waals surface area contributed by atoms with Gasteiger partial charge in [-0.3, -0.25) is 4.79 Å². The molecule has 2 heterocycles. The van der Waals surface area contributed by atoms with Crippen LogP contribution in [0.25, 0.3) is 5.65 Å². The number of fused-ring (bicyclic) bond motifs is 1. The van der Waals surface area contributed by atoms with E-state index in [4.69, 9.17) is 0 Å². The van der Waals surface area contributed by atoms with Crippen molar-refractivity contribution in [3.05, 3.63) is 70.7 Å². The highest BCUT2D eigenvalue weighted by Crippen LogP contribution is 2.14. The number of hydrogen-bond acceptors (Lipinski definition) is 2. The number of carbonyl (C=O) groups is 1. The Morgan fingerprint density at radius 1 is 1.04 bits per heavy atom. The fraction of sp³-hybridized carbons (Fsp3) is 0.263. The second-order valence-corrected chi connectivity index (χ2v) is 6.02. The number of amides is 1. The van der Waals surface area contributed by atoms with E-state index in [-0.39, 0.29) is 5.91 Å². The van der Waals surface area contributed by atoms with E-state index in [1.54, 1.807) is 0 Å². The summed E-state index contributed by atoms with van der Waals surface area (Å²) < 4.78 is 2.01. The summed E-state index contributed by atoms with van der Waals surface area (Å²) in [6.45, 7) is 6.59. The Morgan fingerprint density at radius 2 is 1.74 bits per heavy atom. The summed E-state index contributed by atoms with van der Waals surface area (Å²) in [6.07, 6.45) is 2.36. The summed E-state index contributed by atoms with van der Waals surface area (Å²) in [6, 6.07) is 12.2. The molecule has 1 aromatic carbocycles. The number of aryl methyl sites for hydroxylation is 3. The van der Waals surface area contributed by atoms with Crippen LogP contribution in [0.1, 0.15) is 28.1 Å². The molecule has 0 bridgehead atoms. The second kappa shape index (κ2) is 6.24. The first-order valence-electron chi connectivity index (χ1n) is 7.79. The topological polar surface area (TPSA) is 46.4 Å². The summed E-state index contributed by atoms with van der Waals surface area (Å²) in [5.41, 5.74) is 6.21. The Kier molecular flexibility index (Phi) is 4.15. The van der Waals surface area contributed by atoms with Crippen molar-refractivity contribution in [2.45, 2.75) is 33.7 Å². The number of imidazole rings is 1. The third-order valence-electron chi connectivity index (χ3n) is 4.00. The molecule has 0 aliphatic heterocycles. The number of hydrogen-bond donors (Lipinski definition) is 1. The highest BCUT2D eigenvalue weighted by Gasteiger charge is 2.12. The molecular weight excluding hydrogens is 286 g/mol. The molecule has 0 atom stereocenters. The normalized spacial score (nSPS) is 10.9. The van der Waals surface area contributed by atoms with Crippen molar-refractivity contribution in [3.8, 4) is 0 Å². The number of aromatic nitrogens is 2. The second-order valence-electron chi connectivity index (χ2n) is 6.02. The molecule has 2 aromatic heterocycles. The number of benzene rings is 1. The minimum atomic E-state index is 0.0111. The zero-order chi connectivity index (χ0) is 16.4. The maximum Gasteiger partial charge on any atom is 0.226 e. The summed E-state index contributed by atoms with van der Waals surface area (Å²) >= 11 is 0. The molecule has 1 N–H and O–H groups in total. The van der Waals surface area contributed by atoms with Crippen LogP contribution in [0.3, 0.4) is 0 Å². The van der Waals surface area contributed by atoms with Gasteiger partial charge in [0.25, 0.3) is 0 Å². The van der Waals surface area contributed by atoms with Crippen molar-refractivity contribution in [2.24, 2.45) is 0 Å². The maximum atomic E-state index is 12.3. The van der Waals surface area contributed by atoms with E-state index in [0.29, 0.717) is 13.0 Å². The van der Waals surface area contributed by atoms with Gasteiger partial charge in [0.1, 0.15) is 5.65 Å². The molecule has 0 radical (unpaired) electrons. The van der Waals surface area contributed by atoms with E-state index < -0.39 is 0 Å². The first-order chi connectivity index (χ1) is 11.0. The van der Waals surface area contributed by atoms with Crippen LogP contribution >= 0.6 is 0 Å². The molecule has 0 spiro atoms. The van der Waals surface area contributed by atoms with E-state index in [9.17, 15) is 4.79 Å².